The van der Waals surface area contributed by atoms with Gasteiger partial charge in [0, 0.05) is 25.7 Å². The lowest BCUT2D eigenvalue weighted by molar-refractivity contribution is 0.0393. The minimum atomic E-state index is -3.41. The molecule has 0 bridgehead atoms. The molecule has 2 heterocycles. The zero-order valence-electron chi connectivity index (χ0n) is 10.9. The molecule has 5 nitrogen and oxygen atoms in total. The number of sulfonamides is 1. The second kappa shape index (κ2) is 4.86. The number of ether oxygens (including phenoxy) is 1. The Balaban J connectivity index is 1.95. The Morgan fingerprint density at radius 2 is 2.11 bits per heavy atom. The predicted molar refractivity (Wildman–Crippen MR) is 71.2 cm³/mol. The highest BCUT2D eigenvalue weighted by Crippen LogP contribution is 2.24. The largest absolute Gasteiger partial charge is 0.378 e. The first-order valence-electron chi connectivity index (χ1n) is 6.51. The summed E-state index contributed by atoms with van der Waals surface area (Å²) in [5, 5.41) is 3.23. The summed E-state index contributed by atoms with van der Waals surface area (Å²) in [5.41, 5.74) is 2.27. The van der Waals surface area contributed by atoms with Gasteiger partial charge in [0.2, 0.25) is 10.0 Å². The van der Waals surface area contributed by atoms with Crippen LogP contribution in [0.25, 0.3) is 0 Å². The molecule has 1 unspecified atom stereocenters. The zero-order valence-corrected chi connectivity index (χ0v) is 11.7. The van der Waals surface area contributed by atoms with E-state index in [9.17, 15) is 8.42 Å². The van der Waals surface area contributed by atoms with Gasteiger partial charge in [-0.1, -0.05) is 6.07 Å². The van der Waals surface area contributed by atoms with E-state index in [1.165, 1.54) is 5.56 Å². The smallest absolute Gasteiger partial charge is 0.243 e. The third kappa shape index (κ3) is 2.29. The van der Waals surface area contributed by atoms with Crippen LogP contribution in [0.4, 0.5) is 0 Å². The van der Waals surface area contributed by atoms with Crippen molar-refractivity contribution in [2.45, 2.75) is 31.0 Å². The Hall–Kier alpha value is -0.950. The topological polar surface area (TPSA) is 58.6 Å². The first-order chi connectivity index (χ1) is 9.09. The van der Waals surface area contributed by atoms with Crippen LogP contribution >= 0.6 is 0 Å². The van der Waals surface area contributed by atoms with E-state index in [4.69, 9.17) is 4.74 Å². The summed E-state index contributed by atoms with van der Waals surface area (Å²) in [6.07, 6.45) is 0. The summed E-state index contributed by atoms with van der Waals surface area (Å²) in [5.74, 6) is 0. The lowest BCUT2D eigenvalue weighted by Gasteiger charge is -2.32. The maximum Gasteiger partial charge on any atom is 0.243 e. The molecule has 1 saturated heterocycles. The highest BCUT2D eigenvalue weighted by Gasteiger charge is 2.32. The highest BCUT2D eigenvalue weighted by molar-refractivity contribution is 7.89. The molecule has 0 radical (unpaired) electrons. The van der Waals surface area contributed by atoms with E-state index in [1.807, 2.05) is 13.0 Å². The van der Waals surface area contributed by atoms with Crippen molar-refractivity contribution in [2.24, 2.45) is 0 Å². The molecule has 0 saturated carbocycles. The van der Waals surface area contributed by atoms with Crippen molar-refractivity contribution in [3.8, 4) is 0 Å². The van der Waals surface area contributed by atoms with Crippen molar-refractivity contribution in [2.75, 3.05) is 19.8 Å². The van der Waals surface area contributed by atoms with Crippen LogP contribution in [0, 0.1) is 0 Å². The molecule has 0 aromatic heterocycles. The number of fused-ring (bicyclic) bond motifs is 1. The van der Waals surface area contributed by atoms with Gasteiger partial charge in [0.25, 0.3) is 0 Å². The Morgan fingerprint density at radius 3 is 2.89 bits per heavy atom. The molecule has 1 fully saturated rings. The Morgan fingerprint density at radius 1 is 1.32 bits per heavy atom. The summed E-state index contributed by atoms with van der Waals surface area (Å²) in [6.45, 7) is 4.81. The van der Waals surface area contributed by atoms with Crippen molar-refractivity contribution < 1.29 is 13.2 Å². The van der Waals surface area contributed by atoms with Crippen LogP contribution in [0.15, 0.2) is 23.1 Å². The number of benzene rings is 1. The standard InChI is InChI=1S/C13H18N2O3S/c1-10-9-18-5-4-15(10)19(16,17)13-3-2-11-7-14-8-12(11)6-13/h2-3,6,10,14H,4-5,7-9H2,1H3. The van der Waals surface area contributed by atoms with E-state index in [0.29, 0.717) is 24.7 Å². The van der Waals surface area contributed by atoms with E-state index < -0.39 is 10.0 Å². The molecular formula is C13H18N2O3S. The molecule has 2 aliphatic heterocycles. The quantitative estimate of drug-likeness (QED) is 0.867. The minimum absolute atomic E-state index is 0.106. The number of nitrogens with zero attached hydrogens (tertiary/aromatic N) is 1. The number of nitrogens with one attached hydrogen (secondary N) is 1. The van der Waals surface area contributed by atoms with Crippen molar-refractivity contribution in [1.29, 1.82) is 0 Å². The van der Waals surface area contributed by atoms with Crippen molar-refractivity contribution in [3.05, 3.63) is 29.3 Å². The Labute approximate surface area is 113 Å². The summed E-state index contributed by atoms with van der Waals surface area (Å²) < 4.78 is 32.1. The van der Waals surface area contributed by atoms with Crippen LogP contribution in [-0.2, 0) is 27.8 Å². The number of rotatable bonds is 2. The molecule has 0 aliphatic carbocycles. The fourth-order valence-corrected chi connectivity index (χ4v) is 4.29. The van der Waals surface area contributed by atoms with Crippen molar-refractivity contribution in [3.63, 3.8) is 0 Å². The third-order valence-electron chi connectivity index (χ3n) is 3.72. The van der Waals surface area contributed by atoms with E-state index in [1.54, 1.807) is 16.4 Å². The van der Waals surface area contributed by atoms with Gasteiger partial charge in [-0.25, -0.2) is 8.42 Å². The number of hydrogen-bond acceptors (Lipinski definition) is 4. The van der Waals surface area contributed by atoms with Gasteiger partial charge in [-0.3, -0.25) is 0 Å². The van der Waals surface area contributed by atoms with Crippen LogP contribution in [0.1, 0.15) is 18.1 Å². The lowest BCUT2D eigenvalue weighted by atomic mass is 10.1. The zero-order chi connectivity index (χ0) is 13.5. The molecule has 1 aromatic rings. The molecule has 1 atom stereocenters. The van der Waals surface area contributed by atoms with Gasteiger partial charge < -0.3 is 10.1 Å². The van der Waals surface area contributed by atoms with E-state index in [0.717, 1.165) is 18.7 Å². The van der Waals surface area contributed by atoms with Gasteiger partial charge in [0.05, 0.1) is 18.1 Å². The molecule has 6 heteroatoms. The minimum Gasteiger partial charge on any atom is -0.378 e. The third-order valence-corrected chi connectivity index (χ3v) is 5.73. The molecular weight excluding hydrogens is 264 g/mol. The molecule has 3 rings (SSSR count). The van der Waals surface area contributed by atoms with Gasteiger partial charge in [-0.05, 0) is 30.2 Å². The number of morpholine rings is 1. The summed E-state index contributed by atoms with van der Waals surface area (Å²) in [7, 11) is -3.41. The van der Waals surface area contributed by atoms with Gasteiger partial charge in [-0.2, -0.15) is 4.31 Å². The van der Waals surface area contributed by atoms with Crippen LogP contribution < -0.4 is 5.32 Å². The fraction of sp³-hybridized carbons (Fsp3) is 0.538. The van der Waals surface area contributed by atoms with Crippen LogP contribution in [-0.4, -0.2) is 38.5 Å². The van der Waals surface area contributed by atoms with Crippen LogP contribution in [0.2, 0.25) is 0 Å². The summed E-state index contributed by atoms with van der Waals surface area (Å²) in [6, 6.07) is 5.31. The van der Waals surface area contributed by atoms with Gasteiger partial charge in [0.1, 0.15) is 0 Å². The first kappa shape index (κ1) is 13.1. The SMILES string of the molecule is CC1COCCN1S(=O)(=O)c1ccc2c(c1)CNC2. The van der Waals surface area contributed by atoms with Gasteiger partial charge >= 0.3 is 0 Å². The fourth-order valence-electron chi connectivity index (χ4n) is 2.64. The monoisotopic (exact) mass is 282 g/mol. The Bertz CT molecular complexity index is 586. The van der Waals surface area contributed by atoms with E-state index in [2.05, 4.69) is 5.32 Å². The highest BCUT2D eigenvalue weighted by atomic mass is 32.2. The summed E-state index contributed by atoms with van der Waals surface area (Å²) >= 11 is 0. The van der Waals surface area contributed by atoms with Gasteiger partial charge in [-0.15, -0.1) is 0 Å². The molecule has 19 heavy (non-hydrogen) atoms. The van der Waals surface area contributed by atoms with E-state index in [-0.39, 0.29) is 6.04 Å². The maximum absolute atomic E-state index is 12.6. The van der Waals surface area contributed by atoms with Crippen LogP contribution in [0.3, 0.4) is 0 Å². The molecule has 1 N–H and O–H groups in total. The normalized spacial score (nSPS) is 24.4. The molecule has 104 valence electrons. The predicted octanol–water partition coefficient (Wildman–Crippen LogP) is 0.699. The Kier molecular flexibility index (Phi) is 3.34. The molecule has 0 amide bonds. The first-order valence-corrected chi connectivity index (χ1v) is 7.95. The van der Waals surface area contributed by atoms with E-state index >= 15 is 0 Å². The average molecular weight is 282 g/mol. The second-order valence-corrected chi connectivity index (χ2v) is 6.96. The number of hydrogen-bond donors (Lipinski definition) is 1. The second-order valence-electron chi connectivity index (χ2n) is 5.07. The maximum atomic E-state index is 12.6. The van der Waals surface area contributed by atoms with Crippen molar-refractivity contribution in [1.82, 2.24) is 9.62 Å². The van der Waals surface area contributed by atoms with Crippen molar-refractivity contribution >= 4 is 10.0 Å². The van der Waals surface area contributed by atoms with Gasteiger partial charge in [0.15, 0.2) is 0 Å². The lowest BCUT2D eigenvalue weighted by Crippen LogP contribution is -2.46. The molecule has 0 spiro atoms. The average Bonchev–Trinajstić information content (AvgIpc) is 2.86. The van der Waals surface area contributed by atoms with Crippen LogP contribution in [0.5, 0.6) is 0 Å². The molecule has 2 aliphatic rings. The summed E-state index contributed by atoms with van der Waals surface area (Å²) in [4.78, 5) is 0.392. The molecule has 1 aromatic carbocycles.